The average molecular weight is 335 g/mol. The van der Waals surface area contributed by atoms with Crippen LogP contribution in [0.3, 0.4) is 0 Å². The van der Waals surface area contributed by atoms with E-state index < -0.39 is 8.38 Å². The zero-order valence-corrected chi connectivity index (χ0v) is 15.0. The van der Waals surface area contributed by atoms with E-state index in [-0.39, 0.29) is 0 Å². The van der Waals surface area contributed by atoms with E-state index in [9.17, 15) is 0 Å². The molecule has 0 aliphatic carbocycles. The lowest BCUT2D eigenvalue weighted by atomic mass is 10.1. The van der Waals surface area contributed by atoms with E-state index >= 15 is 0 Å². The maximum atomic E-state index is 6.63. The van der Waals surface area contributed by atoms with Gasteiger partial charge in [-0.05, 0) is 5.92 Å². The molecule has 7 heteroatoms. The SMILES string of the molecule is [C-]#[N+]CCOP(C)OCCOCCOCCOC[C@H](C)CC. The molecule has 6 nitrogen and oxygen atoms in total. The lowest BCUT2D eigenvalue weighted by molar-refractivity contribution is 0.00392. The van der Waals surface area contributed by atoms with Crippen molar-refractivity contribution in [2.45, 2.75) is 20.3 Å². The van der Waals surface area contributed by atoms with Gasteiger partial charge in [-0.1, -0.05) is 20.3 Å². The highest BCUT2D eigenvalue weighted by molar-refractivity contribution is 7.46. The molecule has 0 rings (SSSR count). The standard InChI is InChI=1S/C15H30NO5P/c1-5-15(2)14-19-11-10-17-8-9-18-12-13-21-22(4)20-7-6-16-3/h15H,5-14H2,1-2,4H3/t15-,22?/m1/s1. The second kappa shape index (κ2) is 17.1. The van der Waals surface area contributed by atoms with Crippen LogP contribution in [0.4, 0.5) is 0 Å². The van der Waals surface area contributed by atoms with Gasteiger partial charge >= 0.3 is 0 Å². The zero-order chi connectivity index (χ0) is 16.5. The average Bonchev–Trinajstić information content (AvgIpc) is 2.52. The molecule has 0 N–H and O–H groups in total. The third-order valence-electron chi connectivity index (χ3n) is 2.82. The van der Waals surface area contributed by atoms with Gasteiger partial charge in [-0.15, -0.1) is 0 Å². The molecule has 0 amide bonds. The largest absolute Gasteiger partial charge is 0.379 e. The summed E-state index contributed by atoms with van der Waals surface area (Å²) in [5.74, 6) is 0.609. The molecule has 0 aromatic heterocycles. The van der Waals surface area contributed by atoms with Crippen LogP contribution in [0, 0.1) is 12.5 Å². The molecule has 0 heterocycles. The topological polar surface area (TPSA) is 50.5 Å². The Bertz CT molecular complexity index is 275. The lowest BCUT2D eigenvalue weighted by Crippen LogP contribution is -2.13. The highest BCUT2D eigenvalue weighted by Crippen LogP contribution is 2.32. The van der Waals surface area contributed by atoms with Crippen molar-refractivity contribution in [1.29, 1.82) is 0 Å². The maximum Gasteiger partial charge on any atom is 0.238 e. The Morgan fingerprint density at radius 2 is 1.45 bits per heavy atom. The molecule has 0 spiro atoms. The van der Waals surface area contributed by atoms with Gasteiger partial charge in [0.05, 0.1) is 39.6 Å². The van der Waals surface area contributed by atoms with Gasteiger partial charge in [0.25, 0.3) is 0 Å². The van der Waals surface area contributed by atoms with Gasteiger partial charge < -0.3 is 28.1 Å². The van der Waals surface area contributed by atoms with E-state index in [1.807, 2.05) is 6.66 Å². The van der Waals surface area contributed by atoms with Crippen LogP contribution in [0.5, 0.6) is 0 Å². The minimum absolute atomic E-state index is 0.380. The van der Waals surface area contributed by atoms with Crippen LogP contribution < -0.4 is 0 Å². The van der Waals surface area contributed by atoms with E-state index in [4.69, 9.17) is 29.8 Å². The normalized spacial score (nSPS) is 13.7. The summed E-state index contributed by atoms with van der Waals surface area (Å²) >= 11 is 0. The van der Waals surface area contributed by atoms with Crippen LogP contribution >= 0.6 is 8.38 Å². The minimum Gasteiger partial charge on any atom is -0.379 e. The minimum atomic E-state index is -0.905. The second-order valence-electron chi connectivity index (χ2n) is 4.80. The molecular weight excluding hydrogens is 305 g/mol. The molecule has 0 bridgehead atoms. The monoisotopic (exact) mass is 335 g/mol. The van der Waals surface area contributed by atoms with Gasteiger partial charge in [0.1, 0.15) is 6.61 Å². The Hall–Kier alpha value is -0.280. The first-order valence-corrected chi connectivity index (χ1v) is 9.39. The Morgan fingerprint density at radius 3 is 2.05 bits per heavy atom. The van der Waals surface area contributed by atoms with Crippen LogP contribution in [0.2, 0.25) is 0 Å². The first kappa shape index (κ1) is 21.7. The maximum absolute atomic E-state index is 6.63. The summed E-state index contributed by atoms with van der Waals surface area (Å²) in [4.78, 5) is 3.21. The fourth-order valence-electron chi connectivity index (χ4n) is 1.32. The number of nitrogens with zero attached hydrogens (tertiary/aromatic N) is 1. The third kappa shape index (κ3) is 16.1. The first-order chi connectivity index (χ1) is 10.7. The Labute approximate surface area is 136 Å². The van der Waals surface area contributed by atoms with Gasteiger partial charge in [0.15, 0.2) is 8.38 Å². The van der Waals surface area contributed by atoms with E-state index in [1.54, 1.807) is 0 Å². The van der Waals surface area contributed by atoms with Gasteiger partial charge in [0.2, 0.25) is 6.54 Å². The molecule has 0 aromatic carbocycles. The number of hydrogen-bond acceptors (Lipinski definition) is 5. The molecule has 0 aromatic rings. The van der Waals surface area contributed by atoms with Crippen LogP contribution in [-0.2, 0) is 23.3 Å². The molecule has 0 fully saturated rings. The number of rotatable bonds is 16. The summed E-state index contributed by atoms with van der Waals surface area (Å²) in [5.41, 5.74) is 0. The third-order valence-corrected chi connectivity index (χ3v) is 3.91. The highest BCUT2D eigenvalue weighted by atomic mass is 31.2. The van der Waals surface area contributed by atoms with Gasteiger partial charge in [-0.25, -0.2) is 6.57 Å². The predicted molar refractivity (Wildman–Crippen MR) is 88.1 cm³/mol. The van der Waals surface area contributed by atoms with Gasteiger partial charge in [-0.3, -0.25) is 0 Å². The molecular formula is C15H30NO5P. The van der Waals surface area contributed by atoms with Crippen molar-refractivity contribution in [3.63, 3.8) is 0 Å². The molecule has 130 valence electrons. The molecule has 1 unspecified atom stereocenters. The molecule has 22 heavy (non-hydrogen) atoms. The highest BCUT2D eigenvalue weighted by Gasteiger charge is 2.03. The Balaban J connectivity index is 3.13. The van der Waals surface area contributed by atoms with Crippen LogP contribution in [0.15, 0.2) is 0 Å². The predicted octanol–water partition coefficient (Wildman–Crippen LogP) is 2.98. The molecule has 0 aliphatic heterocycles. The van der Waals surface area contributed by atoms with Crippen molar-refractivity contribution in [2.75, 3.05) is 66.1 Å². The van der Waals surface area contributed by atoms with Crippen molar-refractivity contribution in [1.82, 2.24) is 0 Å². The van der Waals surface area contributed by atoms with Crippen LogP contribution in [0.25, 0.3) is 4.85 Å². The van der Waals surface area contributed by atoms with Crippen LogP contribution in [0.1, 0.15) is 20.3 Å². The number of ether oxygens (including phenoxy) is 3. The Kier molecular flexibility index (Phi) is 16.9. The van der Waals surface area contributed by atoms with Crippen molar-refractivity contribution in [3.8, 4) is 0 Å². The van der Waals surface area contributed by atoms with E-state index in [0.717, 1.165) is 13.0 Å². The fraction of sp³-hybridized carbons (Fsp3) is 0.933. The van der Waals surface area contributed by atoms with Crippen molar-refractivity contribution in [3.05, 3.63) is 11.4 Å². The molecule has 0 saturated carbocycles. The van der Waals surface area contributed by atoms with Crippen molar-refractivity contribution < 1.29 is 23.3 Å². The second-order valence-corrected chi connectivity index (χ2v) is 6.20. The molecule has 0 aliphatic rings. The first-order valence-electron chi connectivity index (χ1n) is 7.76. The number of hydrogen-bond donors (Lipinski definition) is 0. The van der Waals surface area contributed by atoms with E-state index in [2.05, 4.69) is 18.7 Å². The van der Waals surface area contributed by atoms with Gasteiger partial charge in [0, 0.05) is 13.3 Å². The summed E-state index contributed by atoms with van der Waals surface area (Å²) in [6.07, 6.45) is 1.14. The fourth-order valence-corrected chi connectivity index (χ4v) is 2.06. The van der Waals surface area contributed by atoms with Gasteiger partial charge in [-0.2, -0.15) is 0 Å². The summed E-state index contributed by atoms with van der Waals surface area (Å²) in [5, 5.41) is 0. The zero-order valence-electron chi connectivity index (χ0n) is 14.1. The van der Waals surface area contributed by atoms with Crippen molar-refractivity contribution in [2.24, 2.45) is 5.92 Å². The smallest absolute Gasteiger partial charge is 0.238 e. The van der Waals surface area contributed by atoms with E-state index in [0.29, 0.717) is 58.7 Å². The quantitative estimate of drug-likeness (QED) is 0.247. The Morgan fingerprint density at radius 1 is 0.909 bits per heavy atom. The molecule has 0 radical (unpaired) electrons. The van der Waals surface area contributed by atoms with E-state index in [1.165, 1.54) is 0 Å². The summed E-state index contributed by atoms with van der Waals surface area (Å²) < 4.78 is 27.0. The summed E-state index contributed by atoms with van der Waals surface area (Å²) in [6.45, 7) is 17.8. The molecule has 2 atom stereocenters. The molecule has 0 saturated heterocycles. The van der Waals surface area contributed by atoms with Crippen LogP contribution in [-0.4, -0.2) is 66.1 Å². The van der Waals surface area contributed by atoms with Crippen molar-refractivity contribution >= 4 is 8.38 Å². The summed E-state index contributed by atoms with van der Waals surface area (Å²) in [6, 6.07) is 0. The lowest BCUT2D eigenvalue weighted by Gasteiger charge is -2.12. The summed E-state index contributed by atoms with van der Waals surface area (Å²) in [7, 11) is -0.905.